The number of fused-ring (bicyclic) bond motifs is 4. The molecule has 1 aromatic carbocycles. The molecule has 4 rings (SSSR count). The van der Waals surface area contributed by atoms with Crippen molar-refractivity contribution in [2.45, 2.75) is 31.8 Å². The summed E-state index contributed by atoms with van der Waals surface area (Å²) in [7, 11) is 0. The number of likely N-dealkylation sites (tertiary alicyclic amines) is 1. The van der Waals surface area contributed by atoms with Crippen molar-refractivity contribution in [1.29, 1.82) is 0 Å². The Labute approximate surface area is 162 Å². The van der Waals surface area contributed by atoms with Crippen molar-refractivity contribution in [1.82, 2.24) is 10.2 Å². The van der Waals surface area contributed by atoms with Gasteiger partial charge in [-0.15, -0.1) is 6.58 Å². The number of benzene rings is 1. The standard InChI is InChI=1S/C20H22ClN3O3/c1-4-7-24-17(25)15-14(8-10(2)3)23-20(16(15)18(24)26)12-9-11(21)5-6-13(12)22-19(20)27/h4-6,9-10,14-16,23H,1,7-8H2,2-3H3,(H,22,27). The van der Waals surface area contributed by atoms with Gasteiger partial charge in [0.15, 0.2) is 0 Å². The number of rotatable bonds is 4. The molecule has 3 aliphatic rings. The number of nitrogens with zero attached hydrogens (tertiary/aromatic N) is 1. The van der Waals surface area contributed by atoms with E-state index in [0.717, 1.165) is 0 Å². The Morgan fingerprint density at radius 1 is 1.30 bits per heavy atom. The zero-order valence-electron chi connectivity index (χ0n) is 15.3. The van der Waals surface area contributed by atoms with Crippen LogP contribution in [0.15, 0.2) is 30.9 Å². The van der Waals surface area contributed by atoms with E-state index in [1.165, 1.54) is 11.0 Å². The monoisotopic (exact) mass is 387 g/mol. The first kappa shape index (κ1) is 18.2. The zero-order chi connectivity index (χ0) is 19.5. The quantitative estimate of drug-likeness (QED) is 0.613. The minimum absolute atomic E-state index is 0.152. The molecule has 0 radical (unpaired) electrons. The Kier molecular flexibility index (Phi) is 4.16. The number of hydrogen-bond donors (Lipinski definition) is 2. The lowest BCUT2D eigenvalue weighted by molar-refractivity contribution is -0.142. The largest absolute Gasteiger partial charge is 0.324 e. The van der Waals surface area contributed by atoms with Gasteiger partial charge in [0.1, 0.15) is 5.54 Å². The molecule has 3 aliphatic heterocycles. The lowest BCUT2D eigenvalue weighted by Crippen LogP contribution is -2.53. The molecule has 3 amide bonds. The molecule has 2 fully saturated rings. The molecule has 2 saturated heterocycles. The lowest BCUT2D eigenvalue weighted by Gasteiger charge is -2.29. The van der Waals surface area contributed by atoms with E-state index in [4.69, 9.17) is 11.6 Å². The van der Waals surface area contributed by atoms with Gasteiger partial charge in [-0.05, 0) is 30.5 Å². The molecule has 0 aliphatic carbocycles. The maximum Gasteiger partial charge on any atom is 0.250 e. The summed E-state index contributed by atoms with van der Waals surface area (Å²) in [5, 5.41) is 6.74. The predicted octanol–water partition coefficient (Wildman–Crippen LogP) is 2.29. The van der Waals surface area contributed by atoms with E-state index in [1.54, 1.807) is 18.2 Å². The molecule has 0 saturated carbocycles. The second-order valence-corrected chi connectivity index (χ2v) is 8.35. The van der Waals surface area contributed by atoms with E-state index in [0.29, 0.717) is 28.6 Å². The van der Waals surface area contributed by atoms with E-state index >= 15 is 0 Å². The predicted molar refractivity (Wildman–Crippen MR) is 102 cm³/mol. The van der Waals surface area contributed by atoms with Crippen LogP contribution in [0.25, 0.3) is 0 Å². The van der Waals surface area contributed by atoms with Gasteiger partial charge in [0.25, 0.3) is 0 Å². The van der Waals surface area contributed by atoms with Gasteiger partial charge in [0.05, 0.1) is 11.8 Å². The van der Waals surface area contributed by atoms with Crippen molar-refractivity contribution < 1.29 is 14.4 Å². The third-order valence-corrected chi connectivity index (χ3v) is 6.04. The summed E-state index contributed by atoms with van der Waals surface area (Å²) in [6.45, 7) is 7.92. The van der Waals surface area contributed by atoms with Crippen LogP contribution < -0.4 is 10.6 Å². The molecule has 3 heterocycles. The Hall–Kier alpha value is -2.18. The third-order valence-electron chi connectivity index (χ3n) is 5.81. The molecule has 6 nitrogen and oxygen atoms in total. The summed E-state index contributed by atoms with van der Waals surface area (Å²) in [5.41, 5.74) is -0.00115. The minimum Gasteiger partial charge on any atom is -0.324 e. The van der Waals surface area contributed by atoms with Crippen LogP contribution >= 0.6 is 11.6 Å². The fraction of sp³-hybridized carbons (Fsp3) is 0.450. The second-order valence-electron chi connectivity index (χ2n) is 7.91. The molecule has 0 bridgehead atoms. The number of carbonyl (C=O) groups is 3. The van der Waals surface area contributed by atoms with Gasteiger partial charge in [-0.2, -0.15) is 0 Å². The highest BCUT2D eigenvalue weighted by Gasteiger charge is 2.70. The number of imide groups is 1. The zero-order valence-corrected chi connectivity index (χ0v) is 16.0. The molecule has 27 heavy (non-hydrogen) atoms. The highest BCUT2D eigenvalue weighted by Crippen LogP contribution is 2.54. The van der Waals surface area contributed by atoms with Crippen LogP contribution in [0.4, 0.5) is 5.69 Å². The minimum atomic E-state index is -1.27. The number of halogens is 1. The summed E-state index contributed by atoms with van der Waals surface area (Å²) < 4.78 is 0. The van der Waals surface area contributed by atoms with Crippen molar-refractivity contribution in [3.63, 3.8) is 0 Å². The van der Waals surface area contributed by atoms with Crippen LogP contribution in [0.1, 0.15) is 25.8 Å². The fourth-order valence-corrected chi connectivity index (χ4v) is 5.03. The van der Waals surface area contributed by atoms with Crippen molar-refractivity contribution >= 4 is 35.0 Å². The number of amides is 3. The first-order valence-electron chi connectivity index (χ1n) is 9.16. The van der Waals surface area contributed by atoms with Crippen LogP contribution in [0.3, 0.4) is 0 Å². The Morgan fingerprint density at radius 2 is 2.04 bits per heavy atom. The van der Waals surface area contributed by atoms with E-state index in [2.05, 4.69) is 31.1 Å². The Bertz CT molecular complexity index is 868. The number of hydrogen-bond acceptors (Lipinski definition) is 4. The van der Waals surface area contributed by atoms with Gasteiger partial charge in [-0.1, -0.05) is 31.5 Å². The molecule has 142 valence electrons. The van der Waals surface area contributed by atoms with E-state index in [-0.39, 0.29) is 30.3 Å². The normalized spacial score (nSPS) is 31.6. The smallest absolute Gasteiger partial charge is 0.250 e. The Balaban J connectivity index is 1.89. The molecular weight excluding hydrogens is 366 g/mol. The van der Waals surface area contributed by atoms with E-state index < -0.39 is 17.4 Å². The molecule has 7 heteroatoms. The maximum atomic E-state index is 13.2. The summed E-state index contributed by atoms with van der Waals surface area (Å²) in [4.78, 5) is 40.7. The summed E-state index contributed by atoms with van der Waals surface area (Å²) in [5.74, 6) is -1.92. The SMILES string of the molecule is C=CCN1C(=O)C2C(CC(C)C)NC3(C(=O)Nc4ccc(Cl)cc43)C2C1=O. The van der Waals surface area contributed by atoms with Gasteiger partial charge in [-0.25, -0.2) is 0 Å². The molecule has 1 spiro atoms. The number of anilines is 1. The molecule has 2 N–H and O–H groups in total. The van der Waals surface area contributed by atoms with Gasteiger partial charge in [0, 0.05) is 28.9 Å². The fourth-order valence-electron chi connectivity index (χ4n) is 4.85. The summed E-state index contributed by atoms with van der Waals surface area (Å²) in [6, 6.07) is 4.88. The number of nitrogens with one attached hydrogen (secondary N) is 2. The highest BCUT2D eigenvalue weighted by molar-refractivity contribution is 6.31. The van der Waals surface area contributed by atoms with Crippen LogP contribution in [-0.4, -0.2) is 35.2 Å². The van der Waals surface area contributed by atoms with Crippen LogP contribution in [0, 0.1) is 17.8 Å². The lowest BCUT2D eigenvalue weighted by atomic mass is 9.76. The van der Waals surface area contributed by atoms with Crippen molar-refractivity contribution in [3.05, 3.63) is 41.4 Å². The molecular formula is C20H22ClN3O3. The highest BCUT2D eigenvalue weighted by atomic mass is 35.5. The third kappa shape index (κ3) is 2.39. The first-order valence-corrected chi connectivity index (χ1v) is 9.54. The second kappa shape index (κ2) is 6.17. The van der Waals surface area contributed by atoms with Crippen LogP contribution in [0.5, 0.6) is 0 Å². The maximum absolute atomic E-state index is 13.2. The number of carbonyl (C=O) groups excluding carboxylic acids is 3. The van der Waals surface area contributed by atoms with Gasteiger partial charge in [0.2, 0.25) is 17.7 Å². The first-order chi connectivity index (χ1) is 12.8. The average molecular weight is 388 g/mol. The van der Waals surface area contributed by atoms with Gasteiger partial charge >= 0.3 is 0 Å². The molecule has 1 aromatic rings. The Morgan fingerprint density at radius 3 is 2.70 bits per heavy atom. The van der Waals surface area contributed by atoms with Crippen molar-refractivity contribution in [2.24, 2.45) is 17.8 Å². The van der Waals surface area contributed by atoms with Gasteiger partial charge < -0.3 is 5.32 Å². The van der Waals surface area contributed by atoms with Crippen LogP contribution in [-0.2, 0) is 19.9 Å². The van der Waals surface area contributed by atoms with Crippen LogP contribution in [0.2, 0.25) is 5.02 Å². The van der Waals surface area contributed by atoms with E-state index in [9.17, 15) is 14.4 Å². The molecule has 4 unspecified atom stereocenters. The van der Waals surface area contributed by atoms with Crippen molar-refractivity contribution in [2.75, 3.05) is 11.9 Å². The van der Waals surface area contributed by atoms with Gasteiger partial charge in [-0.3, -0.25) is 24.6 Å². The molecule has 4 atom stereocenters. The molecule has 0 aromatic heterocycles. The summed E-state index contributed by atoms with van der Waals surface area (Å²) in [6.07, 6.45) is 2.22. The van der Waals surface area contributed by atoms with Crippen molar-refractivity contribution in [3.8, 4) is 0 Å². The average Bonchev–Trinajstić information content (AvgIpc) is 3.16. The van der Waals surface area contributed by atoms with E-state index in [1.807, 2.05) is 0 Å². The topological polar surface area (TPSA) is 78.5 Å². The summed E-state index contributed by atoms with van der Waals surface area (Å²) >= 11 is 6.20.